The van der Waals surface area contributed by atoms with Crippen LogP contribution >= 0.6 is 0 Å². The number of aliphatic carboxylic acids is 1. The van der Waals surface area contributed by atoms with E-state index in [0.29, 0.717) is 29.0 Å². The van der Waals surface area contributed by atoms with Crippen molar-refractivity contribution in [1.29, 1.82) is 0 Å². The lowest BCUT2D eigenvalue weighted by atomic mass is 9.49. The second kappa shape index (κ2) is 6.41. The van der Waals surface area contributed by atoms with Gasteiger partial charge in [-0.3, -0.25) is 14.4 Å². The van der Waals surface area contributed by atoms with Crippen molar-refractivity contribution in [2.45, 2.75) is 38.5 Å². The Morgan fingerprint density at radius 3 is 2.00 bits per heavy atom. The van der Waals surface area contributed by atoms with Crippen LogP contribution in [-0.2, 0) is 9.59 Å². The van der Waals surface area contributed by atoms with Crippen molar-refractivity contribution in [2.75, 3.05) is 11.9 Å². The molecule has 4 bridgehead atoms. The van der Waals surface area contributed by atoms with Gasteiger partial charge in [0.05, 0.1) is 5.41 Å². The lowest BCUT2D eigenvalue weighted by molar-refractivity contribution is -0.140. The third-order valence-corrected chi connectivity index (χ3v) is 6.33. The first-order valence-corrected chi connectivity index (χ1v) is 9.35. The van der Waals surface area contributed by atoms with Gasteiger partial charge in [-0.1, -0.05) is 0 Å². The number of carbonyl (C=O) groups is 3. The van der Waals surface area contributed by atoms with Gasteiger partial charge in [0, 0.05) is 11.3 Å². The van der Waals surface area contributed by atoms with Gasteiger partial charge in [-0.25, -0.2) is 0 Å². The zero-order valence-corrected chi connectivity index (χ0v) is 14.7. The van der Waals surface area contributed by atoms with E-state index in [1.165, 1.54) is 19.3 Å². The first kappa shape index (κ1) is 17.1. The molecule has 4 saturated carbocycles. The van der Waals surface area contributed by atoms with Crippen molar-refractivity contribution in [3.63, 3.8) is 0 Å². The summed E-state index contributed by atoms with van der Waals surface area (Å²) in [4.78, 5) is 35.4. The van der Waals surface area contributed by atoms with Crippen LogP contribution in [0.15, 0.2) is 24.3 Å². The minimum absolute atomic E-state index is 0.125. The third kappa shape index (κ3) is 3.20. The minimum atomic E-state index is -1.09. The highest BCUT2D eigenvalue weighted by Crippen LogP contribution is 2.60. The van der Waals surface area contributed by atoms with Gasteiger partial charge >= 0.3 is 5.97 Å². The molecule has 4 fully saturated rings. The van der Waals surface area contributed by atoms with Crippen LogP contribution in [0.4, 0.5) is 5.69 Å². The Balaban J connectivity index is 1.40. The fraction of sp³-hybridized carbons (Fsp3) is 0.550. The minimum Gasteiger partial charge on any atom is -0.480 e. The van der Waals surface area contributed by atoms with Crippen molar-refractivity contribution < 1.29 is 19.5 Å². The monoisotopic (exact) mass is 356 g/mol. The van der Waals surface area contributed by atoms with Gasteiger partial charge in [-0.05, 0) is 80.5 Å². The van der Waals surface area contributed by atoms with E-state index in [1.807, 2.05) is 0 Å². The molecule has 0 heterocycles. The molecule has 6 nitrogen and oxygen atoms in total. The summed E-state index contributed by atoms with van der Waals surface area (Å²) in [6.07, 6.45) is 6.94. The molecule has 0 atom stereocenters. The van der Waals surface area contributed by atoms with E-state index in [-0.39, 0.29) is 11.3 Å². The third-order valence-electron chi connectivity index (χ3n) is 6.33. The highest BCUT2D eigenvalue weighted by atomic mass is 16.4. The molecule has 0 radical (unpaired) electrons. The summed E-state index contributed by atoms with van der Waals surface area (Å²) in [5.41, 5.74) is 0.853. The van der Waals surface area contributed by atoms with Crippen LogP contribution in [0.5, 0.6) is 0 Å². The van der Waals surface area contributed by atoms with Gasteiger partial charge in [0.1, 0.15) is 6.54 Å². The fourth-order valence-corrected chi connectivity index (χ4v) is 5.62. The van der Waals surface area contributed by atoms with Crippen LogP contribution < -0.4 is 10.6 Å². The number of benzene rings is 1. The number of hydrogen-bond acceptors (Lipinski definition) is 3. The average Bonchev–Trinajstić information content (AvgIpc) is 2.59. The van der Waals surface area contributed by atoms with Crippen molar-refractivity contribution >= 4 is 23.5 Å². The quantitative estimate of drug-likeness (QED) is 0.756. The van der Waals surface area contributed by atoms with Gasteiger partial charge in [0.25, 0.3) is 5.91 Å². The second-order valence-electron chi connectivity index (χ2n) is 8.31. The predicted octanol–water partition coefficient (Wildman–Crippen LogP) is 2.66. The molecule has 0 saturated heterocycles. The Morgan fingerprint density at radius 2 is 1.50 bits per heavy atom. The zero-order valence-electron chi connectivity index (χ0n) is 14.7. The van der Waals surface area contributed by atoms with Crippen LogP contribution in [-0.4, -0.2) is 29.4 Å². The molecule has 1 aromatic carbocycles. The molecule has 0 spiro atoms. The number of hydrogen-bond donors (Lipinski definition) is 3. The molecule has 6 heteroatoms. The van der Waals surface area contributed by atoms with Crippen molar-refractivity contribution in [3.8, 4) is 0 Å². The van der Waals surface area contributed by atoms with Crippen molar-refractivity contribution in [2.24, 2.45) is 23.2 Å². The summed E-state index contributed by atoms with van der Waals surface area (Å²) in [7, 11) is 0. The summed E-state index contributed by atoms with van der Waals surface area (Å²) in [5.74, 6) is 0.746. The van der Waals surface area contributed by atoms with E-state index < -0.39 is 18.4 Å². The van der Waals surface area contributed by atoms with E-state index in [0.717, 1.165) is 19.3 Å². The van der Waals surface area contributed by atoms with Gasteiger partial charge in [0.2, 0.25) is 5.91 Å². The predicted molar refractivity (Wildman–Crippen MR) is 95.6 cm³/mol. The van der Waals surface area contributed by atoms with Crippen molar-refractivity contribution in [3.05, 3.63) is 29.8 Å². The number of carbonyl (C=O) groups excluding carboxylic acids is 2. The van der Waals surface area contributed by atoms with E-state index >= 15 is 0 Å². The molecular weight excluding hydrogens is 332 g/mol. The number of amides is 2. The Labute approximate surface area is 152 Å². The van der Waals surface area contributed by atoms with Crippen LogP contribution in [0.1, 0.15) is 48.9 Å². The van der Waals surface area contributed by atoms with E-state index in [4.69, 9.17) is 5.11 Å². The largest absolute Gasteiger partial charge is 0.480 e. The Hall–Kier alpha value is -2.37. The van der Waals surface area contributed by atoms with Crippen molar-refractivity contribution in [1.82, 2.24) is 5.32 Å². The first-order chi connectivity index (χ1) is 12.4. The Morgan fingerprint density at radius 1 is 0.962 bits per heavy atom. The number of carboxylic acids is 1. The molecule has 2 amide bonds. The van der Waals surface area contributed by atoms with Crippen LogP contribution in [0.25, 0.3) is 0 Å². The van der Waals surface area contributed by atoms with Crippen LogP contribution in [0.3, 0.4) is 0 Å². The second-order valence-corrected chi connectivity index (χ2v) is 8.31. The molecule has 0 aromatic heterocycles. The zero-order chi connectivity index (χ0) is 18.3. The molecule has 1 aromatic rings. The van der Waals surface area contributed by atoms with E-state index in [2.05, 4.69) is 10.6 Å². The molecule has 4 aliphatic carbocycles. The van der Waals surface area contributed by atoms with Crippen LogP contribution in [0, 0.1) is 23.2 Å². The molecule has 138 valence electrons. The summed E-state index contributed by atoms with van der Waals surface area (Å²) >= 11 is 0. The van der Waals surface area contributed by atoms with Gasteiger partial charge in [0.15, 0.2) is 0 Å². The Bertz CT molecular complexity index is 705. The molecule has 0 unspecified atom stereocenters. The average molecular weight is 356 g/mol. The normalized spacial score (nSPS) is 31.5. The lowest BCUT2D eigenvalue weighted by Gasteiger charge is -2.55. The van der Waals surface area contributed by atoms with Gasteiger partial charge < -0.3 is 15.7 Å². The first-order valence-electron chi connectivity index (χ1n) is 9.35. The van der Waals surface area contributed by atoms with Crippen LogP contribution in [0.2, 0.25) is 0 Å². The SMILES string of the molecule is O=C(O)CNC(=O)c1ccc(NC(=O)C23CC4CC(CC(C4)C2)C3)cc1. The maximum atomic E-state index is 13.0. The number of carboxylic acid groups (broad SMARTS) is 1. The maximum Gasteiger partial charge on any atom is 0.322 e. The summed E-state index contributed by atoms with van der Waals surface area (Å²) in [6.45, 7) is -0.413. The van der Waals surface area contributed by atoms with E-state index in [1.54, 1.807) is 24.3 Å². The highest BCUT2D eigenvalue weighted by molar-refractivity contribution is 5.98. The summed E-state index contributed by atoms with van der Waals surface area (Å²) < 4.78 is 0. The van der Waals surface area contributed by atoms with Gasteiger partial charge in [-0.15, -0.1) is 0 Å². The smallest absolute Gasteiger partial charge is 0.322 e. The maximum absolute atomic E-state index is 13.0. The summed E-state index contributed by atoms with van der Waals surface area (Å²) in [6, 6.07) is 6.61. The molecule has 5 rings (SSSR count). The molecule has 3 N–H and O–H groups in total. The highest BCUT2D eigenvalue weighted by Gasteiger charge is 2.54. The lowest BCUT2D eigenvalue weighted by Crippen LogP contribution is -2.51. The topological polar surface area (TPSA) is 95.5 Å². The molecule has 26 heavy (non-hydrogen) atoms. The Kier molecular flexibility index (Phi) is 4.21. The molecule has 4 aliphatic rings. The standard InChI is InChI=1S/C20H24N2O4/c23-17(24)11-21-18(25)15-1-3-16(4-2-15)22-19(26)20-8-12-5-13(9-20)7-14(6-12)10-20/h1-4,12-14H,5-11H2,(H,21,25)(H,22,26)(H,23,24). The van der Waals surface area contributed by atoms with Gasteiger partial charge in [-0.2, -0.15) is 0 Å². The number of anilines is 1. The number of nitrogens with one attached hydrogen (secondary N) is 2. The summed E-state index contributed by atoms with van der Waals surface area (Å²) in [5, 5.41) is 14.0. The fourth-order valence-electron chi connectivity index (χ4n) is 5.62. The number of rotatable bonds is 5. The molecule has 0 aliphatic heterocycles. The molecular formula is C20H24N2O4. The van der Waals surface area contributed by atoms with E-state index in [9.17, 15) is 14.4 Å².